The van der Waals surface area contributed by atoms with Crippen molar-refractivity contribution in [3.8, 4) is 11.8 Å². The van der Waals surface area contributed by atoms with Crippen LogP contribution >= 0.6 is 0 Å². The molecule has 0 aliphatic carbocycles. The molecule has 0 fully saturated rings. The maximum absolute atomic E-state index is 3.52. The number of hydrogen-bond donors (Lipinski definition) is 1. The molecule has 0 saturated heterocycles. The minimum absolute atomic E-state index is 0.0394. The number of fused-ring (bicyclic) bond motifs is 1. The van der Waals surface area contributed by atoms with Gasteiger partial charge in [-0.2, -0.15) is 0 Å². The predicted octanol–water partition coefficient (Wildman–Crippen LogP) is 5.66. The normalized spacial score (nSPS) is 11.7. The summed E-state index contributed by atoms with van der Waals surface area (Å²) in [5, 5.41) is 1.25. The largest absolute Gasteiger partial charge is 0.358 e. The first-order valence-corrected chi connectivity index (χ1v) is 8.51. The van der Waals surface area contributed by atoms with E-state index in [4.69, 9.17) is 0 Å². The Balaban J connectivity index is 1.89. The minimum Gasteiger partial charge on any atom is -0.358 e. The zero-order chi connectivity index (χ0) is 17.1. The van der Waals surface area contributed by atoms with E-state index in [9.17, 15) is 0 Å². The van der Waals surface area contributed by atoms with Gasteiger partial charge in [0.1, 0.15) is 0 Å². The van der Waals surface area contributed by atoms with E-state index in [1.807, 2.05) is 24.3 Å². The van der Waals surface area contributed by atoms with Gasteiger partial charge in [-0.1, -0.05) is 78.6 Å². The monoisotopic (exact) mass is 321 g/mol. The molecule has 25 heavy (non-hydrogen) atoms. The lowest BCUT2D eigenvalue weighted by atomic mass is 9.89. The fraction of sp³-hybridized carbons (Fsp3) is 0.0833. The third kappa shape index (κ3) is 3.07. The average molecular weight is 321 g/mol. The highest BCUT2D eigenvalue weighted by molar-refractivity contribution is 5.86. The Kier molecular flexibility index (Phi) is 4.11. The van der Waals surface area contributed by atoms with E-state index >= 15 is 0 Å². The Morgan fingerprint density at radius 2 is 1.40 bits per heavy atom. The molecule has 1 unspecified atom stereocenters. The van der Waals surface area contributed by atoms with Crippen molar-refractivity contribution >= 4 is 10.9 Å². The van der Waals surface area contributed by atoms with Gasteiger partial charge in [-0.25, -0.2) is 0 Å². The summed E-state index contributed by atoms with van der Waals surface area (Å²) < 4.78 is 0. The molecule has 1 nitrogen and oxygen atoms in total. The molecule has 0 bridgehead atoms. The van der Waals surface area contributed by atoms with Gasteiger partial charge in [0, 0.05) is 22.2 Å². The lowest BCUT2D eigenvalue weighted by molar-refractivity contribution is 1.05. The van der Waals surface area contributed by atoms with Crippen molar-refractivity contribution in [3.63, 3.8) is 0 Å². The summed E-state index contributed by atoms with van der Waals surface area (Å²) in [7, 11) is 0. The molecule has 0 spiro atoms. The first-order valence-electron chi connectivity index (χ1n) is 8.51. The Morgan fingerprint density at radius 3 is 2.16 bits per heavy atom. The average Bonchev–Trinajstić information content (AvgIpc) is 3.00. The van der Waals surface area contributed by atoms with Gasteiger partial charge in [-0.15, -0.1) is 0 Å². The molecule has 1 N–H and O–H groups in total. The molecule has 0 aliphatic rings. The number of aromatic nitrogens is 1. The molecule has 3 aromatic carbocycles. The van der Waals surface area contributed by atoms with Crippen molar-refractivity contribution in [1.82, 2.24) is 4.98 Å². The van der Waals surface area contributed by atoms with Crippen LogP contribution in [0.5, 0.6) is 0 Å². The van der Waals surface area contributed by atoms with E-state index < -0.39 is 0 Å². The van der Waals surface area contributed by atoms with Crippen molar-refractivity contribution in [3.05, 3.63) is 107 Å². The Hall–Kier alpha value is -3.24. The van der Waals surface area contributed by atoms with Crippen molar-refractivity contribution < 1.29 is 0 Å². The molecule has 0 saturated carbocycles. The van der Waals surface area contributed by atoms with Crippen LogP contribution in [0, 0.1) is 18.8 Å². The number of aromatic amines is 1. The van der Waals surface area contributed by atoms with Crippen LogP contribution in [0.15, 0.2) is 84.9 Å². The first kappa shape index (κ1) is 15.3. The van der Waals surface area contributed by atoms with E-state index in [1.165, 1.54) is 22.2 Å². The predicted molar refractivity (Wildman–Crippen MR) is 105 cm³/mol. The topological polar surface area (TPSA) is 15.8 Å². The fourth-order valence-electron chi connectivity index (χ4n) is 3.31. The number of hydrogen-bond acceptors (Lipinski definition) is 0. The van der Waals surface area contributed by atoms with Gasteiger partial charge in [0.2, 0.25) is 0 Å². The quantitative estimate of drug-likeness (QED) is 0.459. The molecular formula is C24H19N. The number of H-pyrrole nitrogens is 1. The van der Waals surface area contributed by atoms with Crippen LogP contribution in [0.3, 0.4) is 0 Å². The zero-order valence-electron chi connectivity index (χ0n) is 14.2. The Labute approximate surface area is 148 Å². The van der Waals surface area contributed by atoms with E-state index in [0.29, 0.717) is 0 Å². The molecule has 1 atom stereocenters. The van der Waals surface area contributed by atoms with E-state index in [-0.39, 0.29) is 5.92 Å². The van der Waals surface area contributed by atoms with Gasteiger partial charge < -0.3 is 4.98 Å². The van der Waals surface area contributed by atoms with Crippen LogP contribution in [0.4, 0.5) is 0 Å². The molecule has 1 heteroatoms. The number of benzene rings is 3. The SMILES string of the molecule is Cc1[nH]c2ccccc2c1C(C#Cc1ccccc1)c1ccccc1. The number of para-hydroxylation sites is 1. The van der Waals surface area contributed by atoms with Crippen LogP contribution in [-0.4, -0.2) is 4.98 Å². The summed E-state index contributed by atoms with van der Waals surface area (Å²) >= 11 is 0. The van der Waals surface area contributed by atoms with Gasteiger partial charge >= 0.3 is 0 Å². The third-order valence-corrected chi connectivity index (χ3v) is 4.50. The molecular weight excluding hydrogens is 302 g/mol. The van der Waals surface area contributed by atoms with E-state index in [0.717, 1.165) is 11.1 Å². The highest BCUT2D eigenvalue weighted by Gasteiger charge is 2.18. The van der Waals surface area contributed by atoms with Crippen LogP contribution in [-0.2, 0) is 0 Å². The highest BCUT2D eigenvalue weighted by atomic mass is 14.7. The summed E-state index contributed by atoms with van der Waals surface area (Å²) in [6.45, 7) is 2.13. The van der Waals surface area contributed by atoms with Gasteiger partial charge in [0.25, 0.3) is 0 Å². The molecule has 4 rings (SSSR count). The maximum Gasteiger partial charge on any atom is 0.0729 e. The van der Waals surface area contributed by atoms with Crippen LogP contribution in [0.2, 0.25) is 0 Å². The third-order valence-electron chi connectivity index (χ3n) is 4.50. The number of rotatable bonds is 2. The molecule has 0 radical (unpaired) electrons. The lowest BCUT2D eigenvalue weighted by Gasteiger charge is -2.12. The number of nitrogens with one attached hydrogen (secondary N) is 1. The highest BCUT2D eigenvalue weighted by Crippen LogP contribution is 2.33. The minimum atomic E-state index is 0.0394. The van der Waals surface area contributed by atoms with Crippen LogP contribution < -0.4 is 0 Å². The molecule has 0 aliphatic heterocycles. The van der Waals surface area contributed by atoms with Gasteiger partial charge in [0.15, 0.2) is 0 Å². The van der Waals surface area contributed by atoms with E-state index in [2.05, 4.69) is 84.4 Å². The van der Waals surface area contributed by atoms with E-state index in [1.54, 1.807) is 0 Å². The second kappa shape index (κ2) is 6.71. The molecule has 120 valence electrons. The summed E-state index contributed by atoms with van der Waals surface area (Å²) in [6.07, 6.45) is 0. The summed E-state index contributed by atoms with van der Waals surface area (Å²) in [6, 6.07) is 29.2. The number of aryl methyl sites for hydroxylation is 1. The smallest absolute Gasteiger partial charge is 0.0729 e. The second-order valence-corrected chi connectivity index (χ2v) is 6.19. The van der Waals surface area contributed by atoms with Crippen molar-refractivity contribution in [2.45, 2.75) is 12.8 Å². The molecule has 0 amide bonds. The standard InChI is InChI=1S/C24H19N/c1-18-24(22-14-8-9-15-23(22)25-18)21(20-12-6-3-7-13-20)17-16-19-10-4-2-5-11-19/h2-15,21,25H,1H3. The fourth-order valence-corrected chi connectivity index (χ4v) is 3.31. The van der Waals surface area contributed by atoms with Gasteiger partial charge in [-0.05, 0) is 36.2 Å². The van der Waals surface area contributed by atoms with Crippen molar-refractivity contribution in [2.75, 3.05) is 0 Å². The van der Waals surface area contributed by atoms with Crippen molar-refractivity contribution in [1.29, 1.82) is 0 Å². The Morgan fingerprint density at radius 1 is 0.760 bits per heavy atom. The second-order valence-electron chi connectivity index (χ2n) is 6.19. The Bertz CT molecular complexity index is 1050. The molecule has 1 heterocycles. The molecule has 4 aromatic rings. The first-order chi connectivity index (χ1) is 12.3. The van der Waals surface area contributed by atoms with Gasteiger partial charge in [0.05, 0.1) is 5.92 Å². The van der Waals surface area contributed by atoms with Crippen molar-refractivity contribution in [2.24, 2.45) is 0 Å². The van der Waals surface area contributed by atoms with Crippen LogP contribution in [0.1, 0.15) is 28.3 Å². The maximum atomic E-state index is 3.52. The van der Waals surface area contributed by atoms with Gasteiger partial charge in [-0.3, -0.25) is 0 Å². The lowest BCUT2D eigenvalue weighted by Crippen LogP contribution is -2.00. The summed E-state index contributed by atoms with van der Waals surface area (Å²) in [5.41, 5.74) is 5.87. The summed E-state index contributed by atoms with van der Waals surface area (Å²) in [5.74, 6) is 6.92. The summed E-state index contributed by atoms with van der Waals surface area (Å²) in [4.78, 5) is 3.51. The zero-order valence-corrected chi connectivity index (χ0v) is 14.2. The van der Waals surface area contributed by atoms with Crippen LogP contribution in [0.25, 0.3) is 10.9 Å². The molecule has 1 aromatic heterocycles.